The van der Waals surface area contributed by atoms with Gasteiger partial charge in [-0.15, -0.1) is 0 Å². The van der Waals surface area contributed by atoms with E-state index in [9.17, 15) is 9.59 Å². The van der Waals surface area contributed by atoms with E-state index < -0.39 is 5.91 Å². The smallest absolute Gasteiger partial charge is 0.307 e. The van der Waals surface area contributed by atoms with E-state index in [0.717, 1.165) is 0 Å². The minimum absolute atomic E-state index is 0.0600. The lowest BCUT2D eigenvalue weighted by atomic mass is 10.2. The van der Waals surface area contributed by atoms with Crippen LogP contribution in [0.4, 0.5) is 5.69 Å². The number of hydrogen-bond donors (Lipinski definition) is 2. The molecule has 0 radical (unpaired) electrons. The quantitative estimate of drug-likeness (QED) is 0.632. The Morgan fingerprint density at radius 2 is 1.96 bits per heavy atom. The van der Waals surface area contributed by atoms with Crippen LogP contribution in [0.3, 0.4) is 0 Å². The van der Waals surface area contributed by atoms with Crippen LogP contribution in [0, 0.1) is 0 Å². The van der Waals surface area contributed by atoms with Crippen molar-refractivity contribution >= 4 is 23.2 Å². The molecule has 0 saturated heterocycles. The molecular weight excluding hydrogens is 298 g/mol. The first-order chi connectivity index (χ1) is 11.1. The van der Waals surface area contributed by atoms with Crippen molar-refractivity contribution in [2.75, 3.05) is 12.4 Å². The highest BCUT2D eigenvalue weighted by Crippen LogP contribution is 2.15. The Bertz CT molecular complexity index is 691. The van der Waals surface area contributed by atoms with E-state index >= 15 is 0 Å². The zero-order valence-corrected chi connectivity index (χ0v) is 12.8. The third kappa shape index (κ3) is 4.99. The fraction of sp³-hybridized carbons (Fsp3) is 0.188. The molecule has 2 N–H and O–H groups in total. The maximum Gasteiger partial charge on any atom is 0.307 e. The number of hydrazone groups is 1. The number of carbonyl (C=O) groups excluding carboxylic acids is 2. The topological polar surface area (TPSA) is 92.9 Å². The first-order valence-electron chi connectivity index (χ1n) is 6.89. The van der Waals surface area contributed by atoms with Crippen molar-refractivity contribution in [3.63, 3.8) is 0 Å². The summed E-state index contributed by atoms with van der Waals surface area (Å²) in [6, 6.07) is 10.1. The lowest BCUT2D eigenvalue weighted by Crippen LogP contribution is -2.21. The maximum atomic E-state index is 11.9. The van der Waals surface area contributed by atoms with Crippen molar-refractivity contribution in [2.24, 2.45) is 5.10 Å². The predicted molar refractivity (Wildman–Crippen MR) is 85.5 cm³/mol. The van der Waals surface area contributed by atoms with Crippen LogP contribution >= 0.6 is 0 Å². The molecule has 2 amide bonds. The van der Waals surface area contributed by atoms with Crippen LogP contribution < -0.4 is 15.5 Å². The zero-order chi connectivity index (χ0) is 16.7. The summed E-state index contributed by atoms with van der Waals surface area (Å²) in [5, 5.41) is 6.60. The van der Waals surface area contributed by atoms with Gasteiger partial charge in [-0.2, -0.15) is 5.10 Å². The Balaban J connectivity index is 1.83. The van der Waals surface area contributed by atoms with Gasteiger partial charge in [-0.05, 0) is 43.3 Å². The van der Waals surface area contributed by atoms with Gasteiger partial charge >= 0.3 is 5.91 Å². The molecule has 0 aliphatic heterocycles. The zero-order valence-electron chi connectivity index (χ0n) is 12.8. The molecule has 23 heavy (non-hydrogen) atoms. The van der Waals surface area contributed by atoms with E-state index in [4.69, 9.17) is 9.15 Å². The van der Waals surface area contributed by atoms with Crippen molar-refractivity contribution in [3.8, 4) is 5.75 Å². The predicted octanol–water partition coefficient (Wildman–Crippen LogP) is 2.42. The second-order valence-electron chi connectivity index (χ2n) is 4.72. The number of nitrogens with zero attached hydrogens (tertiary/aromatic N) is 1. The van der Waals surface area contributed by atoms with Crippen LogP contribution in [-0.4, -0.2) is 24.6 Å². The van der Waals surface area contributed by atoms with Gasteiger partial charge < -0.3 is 14.5 Å². The number of hydrogen-bond acceptors (Lipinski definition) is 5. The Morgan fingerprint density at radius 1 is 1.22 bits per heavy atom. The summed E-state index contributed by atoms with van der Waals surface area (Å²) in [5.74, 6) is 0.166. The summed E-state index contributed by atoms with van der Waals surface area (Å²) in [4.78, 5) is 23.5. The van der Waals surface area contributed by atoms with E-state index in [1.807, 2.05) is 0 Å². The lowest BCUT2D eigenvalue weighted by Gasteiger charge is -2.06. The molecule has 2 rings (SSSR count). The van der Waals surface area contributed by atoms with Gasteiger partial charge in [0.1, 0.15) is 5.75 Å². The van der Waals surface area contributed by atoms with Gasteiger partial charge in [0.05, 0.1) is 19.8 Å². The van der Waals surface area contributed by atoms with Crippen molar-refractivity contribution in [2.45, 2.75) is 13.3 Å². The minimum atomic E-state index is -0.468. The van der Waals surface area contributed by atoms with Crippen LogP contribution in [-0.2, 0) is 4.79 Å². The number of furan rings is 1. The van der Waals surface area contributed by atoms with Crippen LogP contribution in [0.15, 0.2) is 52.2 Å². The van der Waals surface area contributed by atoms with E-state index in [0.29, 0.717) is 17.1 Å². The molecule has 1 aromatic heterocycles. The summed E-state index contributed by atoms with van der Waals surface area (Å²) in [7, 11) is 1.57. The van der Waals surface area contributed by atoms with E-state index in [1.54, 1.807) is 44.4 Å². The lowest BCUT2D eigenvalue weighted by molar-refractivity contribution is -0.115. The fourth-order valence-electron chi connectivity index (χ4n) is 1.76. The molecule has 0 atom stereocenters. The molecule has 0 bridgehead atoms. The van der Waals surface area contributed by atoms with Gasteiger partial charge in [-0.25, -0.2) is 5.43 Å². The summed E-state index contributed by atoms with van der Waals surface area (Å²) in [5.41, 5.74) is 3.45. The Labute approximate surface area is 133 Å². The Hall–Kier alpha value is -3.09. The van der Waals surface area contributed by atoms with Gasteiger partial charge in [-0.1, -0.05) is 0 Å². The van der Waals surface area contributed by atoms with Gasteiger partial charge in [0, 0.05) is 11.4 Å². The molecule has 120 valence electrons. The second kappa shape index (κ2) is 7.79. The molecule has 1 heterocycles. The summed E-state index contributed by atoms with van der Waals surface area (Å²) in [6.07, 6.45) is 1.46. The van der Waals surface area contributed by atoms with Crippen LogP contribution in [0.1, 0.15) is 23.9 Å². The molecule has 0 aliphatic carbocycles. The number of methoxy groups -OCH3 is 1. The van der Waals surface area contributed by atoms with Gasteiger partial charge in [0.15, 0.2) is 5.76 Å². The molecule has 2 aromatic rings. The number of amides is 2. The Kier molecular flexibility index (Phi) is 5.51. The highest BCUT2D eigenvalue weighted by molar-refractivity contribution is 6.06. The second-order valence-corrected chi connectivity index (χ2v) is 4.72. The standard InChI is InChI=1S/C16H17N3O4/c1-11(18-19-16(21)14-4-3-9-23-14)10-15(20)17-12-5-7-13(22-2)8-6-12/h3-9H,10H2,1-2H3,(H,17,20)(H,19,21)/b18-11-. The molecule has 0 saturated carbocycles. The van der Waals surface area contributed by atoms with Crippen molar-refractivity contribution in [1.82, 2.24) is 5.43 Å². The van der Waals surface area contributed by atoms with Gasteiger partial charge in [-0.3, -0.25) is 9.59 Å². The average molecular weight is 315 g/mol. The first-order valence-corrected chi connectivity index (χ1v) is 6.89. The average Bonchev–Trinajstić information content (AvgIpc) is 3.07. The fourth-order valence-corrected chi connectivity index (χ4v) is 1.76. The van der Waals surface area contributed by atoms with Crippen molar-refractivity contribution < 1.29 is 18.7 Å². The van der Waals surface area contributed by atoms with Crippen LogP contribution in [0.5, 0.6) is 5.75 Å². The third-order valence-corrected chi connectivity index (χ3v) is 2.88. The number of anilines is 1. The molecule has 1 aromatic carbocycles. The first kappa shape index (κ1) is 16.3. The van der Waals surface area contributed by atoms with Crippen molar-refractivity contribution in [1.29, 1.82) is 0 Å². The number of ether oxygens (including phenoxy) is 1. The summed E-state index contributed by atoms with van der Waals surface area (Å²) >= 11 is 0. The van der Waals surface area contributed by atoms with Crippen LogP contribution in [0.2, 0.25) is 0 Å². The molecule has 0 fully saturated rings. The van der Waals surface area contributed by atoms with Crippen molar-refractivity contribution in [3.05, 3.63) is 48.4 Å². The summed E-state index contributed by atoms with van der Waals surface area (Å²) in [6.45, 7) is 1.65. The third-order valence-electron chi connectivity index (χ3n) is 2.88. The summed E-state index contributed by atoms with van der Waals surface area (Å²) < 4.78 is 9.98. The maximum absolute atomic E-state index is 11.9. The van der Waals surface area contributed by atoms with E-state index in [2.05, 4.69) is 15.8 Å². The molecular formula is C16H17N3O4. The number of benzene rings is 1. The highest BCUT2D eigenvalue weighted by Gasteiger charge is 2.08. The Morgan fingerprint density at radius 3 is 2.57 bits per heavy atom. The number of carbonyl (C=O) groups is 2. The number of rotatable bonds is 6. The van der Waals surface area contributed by atoms with Gasteiger partial charge in [0.2, 0.25) is 5.91 Å². The van der Waals surface area contributed by atoms with E-state index in [-0.39, 0.29) is 18.1 Å². The van der Waals surface area contributed by atoms with Crippen LogP contribution in [0.25, 0.3) is 0 Å². The normalized spacial score (nSPS) is 11.0. The molecule has 0 unspecified atom stereocenters. The number of nitrogens with one attached hydrogen (secondary N) is 2. The minimum Gasteiger partial charge on any atom is -0.497 e. The van der Waals surface area contributed by atoms with E-state index in [1.165, 1.54) is 12.3 Å². The largest absolute Gasteiger partial charge is 0.497 e. The molecule has 0 aliphatic rings. The monoisotopic (exact) mass is 315 g/mol. The molecule has 7 nitrogen and oxygen atoms in total. The SMILES string of the molecule is COc1ccc(NC(=O)C/C(C)=N\NC(=O)c2ccco2)cc1. The highest BCUT2D eigenvalue weighted by atomic mass is 16.5. The molecule has 0 spiro atoms. The molecule has 7 heteroatoms. The van der Waals surface area contributed by atoms with Gasteiger partial charge in [0.25, 0.3) is 0 Å².